The van der Waals surface area contributed by atoms with Gasteiger partial charge in [0.1, 0.15) is 38.1 Å². The summed E-state index contributed by atoms with van der Waals surface area (Å²) in [4.78, 5) is 56.8. The zero-order chi connectivity index (χ0) is 32.7. The van der Waals surface area contributed by atoms with Crippen LogP contribution in [0.25, 0.3) is 5.57 Å². The molecule has 9 nitrogen and oxygen atoms in total. The van der Waals surface area contributed by atoms with Gasteiger partial charge in [-0.2, -0.15) is 0 Å². The van der Waals surface area contributed by atoms with E-state index in [1.807, 2.05) is 24.3 Å². The summed E-state index contributed by atoms with van der Waals surface area (Å²) in [6, 6.07) is 5.59. The van der Waals surface area contributed by atoms with Crippen LogP contribution in [0.15, 0.2) is 47.2 Å². The van der Waals surface area contributed by atoms with Gasteiger partial charge in [0.25, 0.3) is 11.8 Å². The van der Waals surface area contributed by atoms with E-state index in [9.17, 15) is 24.3 Å². The number of hydrogen-bond acceptors (Lipinski definition) is 6. The highest BCUT2D eigenvalue weighted by Crippen LogP contribution is 2.45. The van der Waals surface area contributed by atoms with Crippen molar-refractivity contribution in [1.29, 1.82) is 0 Å². The summed E-state index contributed by atoms with van der Waals surface area (Å²) >= 11 is 0. The van der Waals surface area contributed by atoms with E-state index in [2.05, 4.69) is 22.6 Å². The molecule has 0 unspecified atom stereocenters. The molecule has 7 rings (SSSR count). The van der Waals surface area contributed by atoms with Crippen LogP contribution in [0, 0.1) is 17.5 Å². The number of hydroxylamine groups is 2. The first-order valence-corrected chi connectivity index (χ1v) is 18.1. The molecule has 5 aliphatic rings. The van der Waals surface area contributed by atoms with Crippen molar-refractivity contribution >= 4 is 54.0 Å². The number of halogens is 3. The number of nitrogens with zero attached hydrogens (tertiary/aromatic N) is 3. The molecule has 2 amide bonds. The minimum absolute atomic E-state index is 0.00156. The van der Waals surface area contributed by atoms with Gasteiger partial charge in [-0.05, 0) is 51.7 Å². The molecule has 2 aromatic carbocycles. The van der Waals surface area contributed by atoms with Gasteiger partial charge in [0.15, 0.2) is 17.3 Å². The van der Waals surface area contributed by atoms with Gasteiger partial charge >= 0.3 is 11.9 Å². The molecule has 236 valence electrons. The standard InChI is InChI=1S/C33H28F3N3O6Si/c1-46(2)21-15-17(37-11-3-12-37)5-7-19(21)25(20-8-6-18(16-22(20)46)38-13-4-14-38)26-27(32(42)43)30(35)31(36)28(29(26)34)33(44)45-39-23(40)9-10-24(39)41/h5-8,15-16H,3-4,9-14H2,1-2H3/p+1. The number of hydrogen-bond donors (Lipinski definition) is 1. The van der Waals surface area contributed by atoms with Crippen LogP contribution < -0.4 is 10.1 Å². The maximum atomic E-state index is 16.8. The van der Waals surface area contributed by atoms with Crippen LogP contribution in [-0.4, -0.2) is 78.5 Å². The molecule has 13 heteroatoms. The molecule has 1 aliphatic carbocycles. The van der Waals surface area contributed by atoms with E-state index in [0.717, 1.165) is 60.8 Å². The molecule has 4 heterocycles. The van der Waals surface area contributed by atoms with Crippen molar-refractivity contribution in [3.05, 3.63) is 86.9 Å². The predicted molar refractivity (Wildman–Crippen MR) is 163 cm³/mol. The second kappa shape index (κ2) is 10.6. The molecule has 0 bridgehead atoms. The van der Waals surface area contributed by atoms with Gasteiger partial charge in [-0.15, -0.1) is 5.06 Å². The molecule has 0 spiro atoms. The molecular weight excluding hydrogens is 619 g/mol. The Bertz CT molecular complexity index is 1920. The van der Waals surface area contributed by atoms with Crippen LogP contribution in [0.1, 0.15) is 57.5 Å². The van der Waals surface area contributed by atoms with Gasteiger partial charge < -0.3 is 14.8 Å². The third-order valence-corrected chi connectivity index (χ3v) is 13.0. The van der Waals surface area contributed by atoms with Gasteiger partial charge in [-0.25, -0.2) is 27.3 Å². The number of rotatable bonds is 5. The summed E-state index contributed by atoms with van der Waals surface area (Å²) in [5, 5.41) is 11.9. The molecule has 3 fully saturated rings. The van der Waals surface area contributed by atoms with Crippen molar-refractivity contribution in [2.45, 2.75) is 38.8 Å². The van der Waals surface area contributed by atoms with Crippen molar-refractivity contribution in [3.8, 4) is 0 Å². The molecule has 0 atom stereocenters. The smallest absolute Gasteiger partial charge is 0.369 e. The predicted octanol–water partition coefficient (Wildman–Crippen LogP) is 3.86. The van der Waals surface area contributed by atoms with E-state index < -0.39 is 66.0 Å². The Morgan fingerprint density at radius 1 is 0.935 bits per heavy atom. The minimum atomic E-state index is -2.59. The van der Waals surface area contributed by atoms with Crippen molar-refractivity contribution in [3.63, 3.8) is 0 Å². The molecule has 0 radical (unpaired) electrons. The molecule has 0 aromatic heterocycles. The Balaban J connectivity index is 1.51. The molecule has 46 heavy (non-hydrogen) atoms. The number of carboxylic acids is 1. The summed E-state index contributed by atoms with van der Waals surface area (Å²) in [5.41, 5.74) is -0.870. The maximum absolute atomic E-state index is 16.8. The quantitative estimate of drug-likeness (QED) is 0.227. The Morgan fingerprint density at radius 3 is 2.20 bits per heavy atom. The maximum Gasteiger partial charge on any atom is 0.369 e. The fourth-order valence-electron chi connectivity index (χ4n) is 6.70. The van der Waals surface area contributed by atoms with Crippen molar-refractivity contribution in [1.82, 2.24) is 5.06 Å². The summed E-state index contributed by atoms with van der Waals surface area (Å²) in [7, 11) is -2.59. The van der Waals surface area contributed by atoms with Crippen LogP contribution in [0.3, 0.4) is 0 Å². The molecule has 1 N–H and O–H groups in total. The lowest BCUT2D eigenvalue weighted by Crippen LogP contribution is -2.50. The summed E-state index contributed by atoms with van der Waals surface area (Å²) in [6.45, 7) is 7.72. The largest absolute Gasteiger partial charge is 0.478 e. The number of amides is 2. The molecule has 0 saturated carbocycles. The fraction of sp³-hybridized carbons (Fsp3) is 0.303. The minimum Gasteiger partial charge on any atom is -0.478 e. The lowest BCUT2D eigenvalue weighted by atomic mass is 9.85. The number of carbonyl (C=O) groups is 4. The number of carbonyl (C=O) groups excluding carboxylic acids is 3. The highest BCUT2D eigenvalue weighted by atomic mass is 28.3. The first-order chi connectivity index (χ1) is 21.9. The van der Waals surface area contributed by atoms with Gasteiger partial charge in [-0.3, -0.25) is 9.59 Å². The monoisotopic (exact) mass is 648 g/mol. The third-order valence-electron chi connectivity index (χ3n) is 9.50. The van der Waals surface area contributed by atoms with Gasteiger partial charge in [-0.1, -0.05) is 19.2 Å². The van der Waals surface area contributed by atoms with E-state index in [-0.39, 0.29) is 23.5 Å². The lowest BCUT2D eigenvalue weighted by Gasteiger charge is -2.40. The van der Waals surface area contributed by atoms with Crippen molar-refractivity contribution in [2.24, 2.45) is 0 Å². The molecular formula is C33H29F3N3O6Si+. The molecule has 2 aromatic rings. The number of anilines is 1. The zero-order valence-corrected chi connectivity index (χ0v) is 26.1. The van der Waals surface area contributed by atoms with Crippen molar-refractivity contribution in [2.75, 3.05) is 31.1 Å². The molecule has 3 saturated heterocycles. The summed E-state index contributed by atoms with van der Waals surface area (Å²) in [5.74, 6) is -11.3. The number of fused-ring (bicyclic) bond motifs is 2. The Labute approximate surface area is 262 Å². The van der Waals surface area contributed by atoms with Crippen LogP contribution in [0.5, 0.6) is 0 Å². The first-order valence-electron chi connectivity index (χ1n) is 15.1. The summed E-state index contributed by atoms with van der Waals surface area (Å²) < 4.78 is 50.2. The van der Waals surface area contributed by atoms with Crippen LogP contribution >= 0.6 is 0 Å². The lowest BCUT2D eigenvalue weighted by molar-refractivity contribution is -0.582. The molecule has 4 aliphatic heterocycles. The average molecular weight is 649 g/mol. The van der Waals surface area contributed by atoms with Crippen LogP contribution in [0.4, 0.5) is 18.9 Å². The number of benzene rings is 2. The Hall–Kier alpha value is -4.78. The third kappa shape index (κ3) is 4.39. The average Bonchev–Trinajstić information content (AvgIpc) is 3.26. The van der Waals surface area contributed by atoms with Gasteiger partial charge in [0.05, 0.1) is 6.42 Å². The van der Waals surface area contributed by atoms with Crippen molar-refractivity contribution < 1.29 is 46.9 Å². The highest BCUT2D eigenvalue weighted by molar-refractivity contribution is 6.98. The Kier molecular flexibility index (Phi) is 6.92. The number of imide groups is 1. The zero-order valence-electron chi connectivity index (χ0n) is 25.1. The van der Waals surface area contributed by atoms with E-state index in [0.29, 0.717) is 11.1 Å². The fourth-order valence-corrected chi connectivity index (χ4v) is 9.77. The number of allylic oxidation sites excluding steroid dienone is 5. The van der Waals surface area contributed by atoms with E-state index in [1.54, 1.807) is 12.1 Å². The van der Waals surface area contributed by atoms with E-state index in [4.69, 9.17) is 4.84 Å². The Morgan fingerprint density at radius 2 is 1.61 bits per heavy atom. The highest BCUT2D eigenvalue weighted by Gasteiger charge is 2.45. The second-order valence-electron chi connectivity index (χ2n) is 12.5. The van der Waals surface area contributed by atoms with Crippen LogP contribution in [0.2, 0.25) is 13.1 Å². The number of carboxylic acid groups (broad SMARTS) is 1. The topological polar surface area (TPSA) is 107 Å². The second-order valence-corrected chi connectivity index (χ2v) is 16.8. The van der Waals surface area contributed by atoms with E-state index in [1.165, 1.54) is 0 Å². The SMILES string of the molecule is C[Si]1(C)C2=CC(=[N+]3CCC3)C=CC2=C(c2c(F)c(C(=O)ON3C(=O)CCC3=O)c(F)c(F)c2C(=O)O)c2ccc(N3CCC3)cc21. The summed E-state index contributed by atoms with van der Waals surface area (Å²) in [6.07, 6.45) is 7.10. The van der Waals surface area contributed by atoms with Gasteiger partial charge in [0, 0.05) is 49.3 Å². The number of aromatic carboxylic acids is 1. The first kappa shape index (κ1) is 29.9. The van der Waals surface area contributed by atoms with Gasteiger partial charge in [0.2, 0.25) is 0 Å². The van der Waals surface area contributed by atoms with Crippen LogP contribution in [-0.2, 0) is 14.4 Å². The normalized spacial score (nSPS) is 19.9. The van der Waals surface area contributed by atoms with E-state index >= 15 is 13.2 Å².